The summed E-state index contributed by atoms with van der Waals surface area (Å²) in [7, 11) is -9.92. The molecule has 0 aromatic carbocycles. The van der Waals surface area contributed by atoms with Gasteiger partial charge in [-0.25, -0.2) is 9.13 Å². The number of carbonyl (C=O) groups is 4. The van der Waals surface area contributed by atoms with Crippen molar-refractivity contribution in [2.75, 3.05) is 39.6 Å². The Morgan fingerprint density at radius 1 is 0.289 bits per heavy atom. The lowest BCUT2D eigenvalue weighted by molar-refractivity contribution is -0.161. The van der Waals surface area contributed by atoms with E-state index in [-0.39, 0.29) is 25.7 Å². The van der Waals surface area contributed by atoms with Crippen molar-refractivity contribution in [1.82, 2.24) is 0 Å². The van der Waals surface area contributed by atoms with Crippen molar-refractivity contribution in [3.63, 3.8) is 0 Å². The highest BCUT2D eigenvalue weighted by atomic mass is 31.2. The lowest BCUT2D eigenvalue weighted by Gasteiger charge is -2.21. The minimum absolute atomic E-state index is 0.106. The van der Waals surface area contributed by atoms with Crippen LogP contribution in [0.5, 0.6) is 0 Å². The van der Waals surface area contributed by atoms with Crippen LogP contribution in [0, 0.1) is 11.8 Å². The molecular weight excluding hydrogens is 1270 g/mol. The highest BCUT2D eigenvalue weighted by Crippen LogP contribution is 2.45. The van der Waals surface area contributed by atoms with E-state index >= 15 is 0 Å². The quantitative estimate of drug-likeness (QED) is 0.0222. The predicted molar refractivity (Wildman–Crippen MR) is 395 cm³/mol. The lowest BCUT2D eigenvalue weighted by Crippen LogP contribution is -2.30. The van der Waals surface area contributed by atoms with Crippen molar-refractivity contribution < 1.29 is 80.2 Å². The second-order valence-electron chi connectivity index (χ2n) is 28.6. The fraction of sp³-hybridized carbons (Fsp3) is 0.949. The number of ether oxygens (including phenoxy) is 4. The van der Waals surface area contributed by atoms with Crippen LogP contribution in [-0.2, 0) is 65.4 Å². The molecule has 0 aromatic rings. The second kappa shape index (κ2) is 69.8. The molecule has 0 radical (unpaired) electrons. The Balaban J connectivity index is 5.28. The van der Waals surface area contributed by atoms with Crippen LogP contribution in [0.1, 0.15) is 408 Å². The van der Waals surface area contributed by atoms with E-state index in [0.717, 1.165) is 102 Å². The maximum Gasteiger partial charge on any atom is 0.472 e. The van der Waals surface area contributed by atoms with Gasteiger partial charge in [-0.05, 0) is 37.5 Å². The van der Waals surface area contributed by atoms with E-state index in [1.54, 1.807) is 0 Å². The first kappa shape index (κ1) is 95.1. The molecule has 0 heterocycles. The Hall–Kier alpha value is -1.94. The van der Waals surface area contributed by atoms with Gasteiger partial charge >= 0.3 is 39.5 Å². The molecule has 0 saturated carbocycles. The van der Waals surface area contributed by atoms with E-state index in [2.05, 4.69) is 41.5 Å². The molecule has 0 bridgehead atoms. The normalized spacial score (nSPS) is 14.5. The molecule has 7 atom stereocenters. The number of unbranched alkanes of at least 4 members (excludes halogenated alkanes) is 45. The molecular formula is C78H152O17P2. The summed E-state index contributed by atoms with van der Waals surface area (Å²) in [6.07, 6.45) is 58.0. The molecule has 0 spiro atoms. The van der Waals surface area contributed by atoms with Crippen molar-refractivity contribution >= 4 is 39.5 Å². The van der Waals surface area contributed by atoms with E-state index in [1.165, 1.54) is 225 Å². The number of phosphoric ester groups is 2. The molecule has 3 N–H and O–H groups in total. The van der Waals surface area contributed by atoms with Gasteiger partial charge in [-0.3, -0.25) is 37.3 Å². The molecule has 0 fully saturated rings. The third-order valence-electron chi connectivity index (χ3n) is 18.9. The molecule has 4 unspecified atom stereocenters. The van der Waals surface area contributed by atoms with Crippen LogP contribution in [-0.4, -0.2) is 96.7 Å². The predicted octanol–water partition coefficient (Wildman–Crippen LogP) is 23.1. The molecule has 0 aliphatic rings. The molecule has 576 valence electrons. The minimum atomic E-state index is -4.96. The Morgan fingerprint density at radius 3 is 0.732 bits per heavy atom. The topological polar surface area (TPSA) is 237 Å². The van der Waals surface area contributed by atoms with Gasteiger partial charge in [0.1, 0.15) is 19.3 Å². The van der Waals surface area contributed by atoms with Gasteiger partial charge in [-0.1, -0.05) is 356 Å². The average Bonchev–Trinajstić information content (AvgIpc) is 1.06. The van der Waals surface area contributed by atoms with Crippen LogP contribution < -0.4 is 0 Å². The van der Waals surface area contributed by atoms with E-state index < -0.39 is 97.5 Å². The zero-order valence-electron chi connectivity index (χ0n) is 63.4. The Bertz CT molecular complexity index is 1880. The summed E-state index contributed by atoms with van der Waals surface area (Å²) >= 11 is 0. The molecule has 19 heteroatoms. The van der Waals surface area contributed by atoms with Gasteiger partial charge in [0.05, 0.1) is 26.4 Å². The first-order valence-electron chi connectivity index (χ1n) is 40.6. The number of rotatable bonds is 77. The van der Waals surface area contributed by atoms with E-state index in [0.29, 0.717) is 25.7 Å². The maximum atomic E-state index is 13.1. The SMILES string of the molecule is CCCCCCCCCCCCCCCCCCC(=O)O[C@H](COC(=O)CCCCCCCCCCCCCCCCC)COP(=O)(O)OC[C@@H](O)COP(=O)(O)OC[C@@H](COC(=O)CCCCCCCCCCC(C)CC)OC(=O)CCCCCCCCCCCCC(C)CC. The van der Waals surface area contributed by atoms with Crippen molar-refractivity contribution in [3.8, 4) is 0 Å². The molecule has 0 aliphatic heterocycles. The van der Waals surface area contributed by atoms with Gasteiger partial charge in [0.25, 0.3) is 0 Å². The first-order valence-corrected chi connectivity index (χ1v) is 43.6. The van der Waals surface area contributed by atoms with Crippen molar-refractivity contribution in [2.24, 2.45) is 11.8 Å². The molecule has 0 saturated heterocycles. The fourth-order valence-electron chi connectivity index (χ4n) is 11.9. The highest BCUT2D eigenvalue weighted by Gasteiger charge is 2.30. The van der Waals surface area contributed by atoms with Crippen molar-refractivity contribution in [3.05, 3.63) is 0 Å². The molecule has 0 rings (SSSR count). The van der Waals surface area contributed by atoms with Gasteiger partial charge in [-0.15, -0.1) is 0 Å². The molecule has 97 heavy (non-hydrogen) atoms. The third kappa shape index (κ3) is 69.5. The smallest absolute Gasteiger partial charge is 0.462 e. The second-order valence-corrected chi connectivity index (χ2v) is 31.5. The zero-order valence-corrected chi connectivity index (χ0v) is 65.2. The summed E-state index contributed by atoms with van der Waals surface area (Å²) in [5.74, 6) is -0.530. The van der Waals surface area contributed by atoms with Gasteiger partial charge in [0, 0.05) is 25.7 Å². The van der Waals surface area contributed by atoms with Crippen LogP contribution >= 0.6 is 15.6 Å². The van der Waals surface area contributed by atoms with Gasteiger partial charge in [-0.2, -0.15) is 0 Å². The van der Waals surface area contributed by atoms with Crippen LogP contribution in [0.3, 0.4) is 0 Å². The van der Waals surface area contributed by atoms with E-state index in [9.17, 15) is 43.2 Å². The van der Waals surface area contributed by atoms with Crippen molar-refractivity contribution in [1.29, 1.82) is 0 Å². The molecule has 17 nitrogen and oxygen atoms in total. The van der Waals surface area contributed by atoms with Crippen molar-refractivity contribution in [2.45, 2.75) is 426 Å². The summed E-state index contributed by atoms with van der Waals surface area (Å²) < 4.78 is 68.7. The first-order chi connectivity index (χ1) is 46.9. The summed E-state index contributed by atoms with van der Waals surface area (Å²) in [6, 6.07) is 0. The number of hydrogen-bond donors (Lipinski definition) is 3. The third-order valence-corrected chi connectivity index (χ3v) is 20.8. The van der Waals surface area contributed by atoms with Crippen LogP contribution in [0.25, 0.3) is 0 Å². The fourth-order valence-corrected chi connectivity index (χ4v) is 13.5. The summed E-state index contributed by atoms with van der Waals surface area (Å²) in [5, 5.41) is 10.6. The number of aliphatic hydroxyl groups excluding tert-OH is 1. The van der Waals surface area contributed by atoms with Crippen LogP contribution in [0.2, 0.25) is 0 Å². The Morgan fingerprint density at radius 2 is 0.495 bits per heavy atom. The van der Waals surface area contributed by atoms with E-state index in [1.807, 2.05) is 0 Å². The Labute approximate surface area is 594 Å². The number of phosphoric acid groups is 2. The largest absolute Gasteiger partial charge is 0.472 e. The van der Waals surface area contributed by atoms with Crippen LogP contribution in [0.4, 0.5) is 0 Å². The number of aliphatic hydroxyl groups is 1. The number of esters is 4. The average molecular weight is 1420 g/mol. The van der Waals surface area contributed by atoms with E-state index in [4.69, 9.17) is 37.0 Å². The van der Waals surface area contributed by atoms with Crippen LogP contribution in [0.15, 0.2) is 0 Å². The zero-order chi connectivity index (χ0) is 71.4. The summed E-state index contributed by atoms with van der Waals surface area (Å²) in [6.45, 7) is 9.65. The monoisotopic (exact) mass is 1420 g/mol. The summed E-state index contributed by atoms with van der Waals surface area (Å²) in [4.78, 5) is 73.0. The summed E-state index contributed by atoms with van der Waals surface area (Å²) in [5.41, 5.74) is 0. The van der Waals surface area contributed by atoms with Gasteiger partial charge < -0.3 is 33.8 Å². The Kier molecular flexibility index (Phi) is 68.4. The number of hydrogen-bond acceptors (Lipinski definition) is 15. The van der Waals surface area contributed by atoms with Gasteiger partial charge in [0.2, 0.25) is 0 Å². The minimum Gasteiger partial charge on any atom is -0.462 e. The highest BCUT2D eigenvalue weighted by molar-refractivity contribution is 7.47. The molecule has 0 aromatic heterocycles. The van der Waals surface area contributed by atoms with Gasteiger partial charge in [0.15, 0.2) is 12.2 Å². The standard InChI is InChI=1S/C78H152O17P2/c1-7-11-13-15-17-19-21-23-25-27-29-31-36-44-50-56-62-77(82)94-73(66-88-75(80)60-54-48-42-35-30-28-26-24-22-20-18-16-14-12-8-2)68-92-96(84,85)90-64-72(79)65-91-97(86,87)93-69-74(67-89-76(81)61-55-49-43-39-38-41-47-53-59-71(6)10-4)95-78(83)63-57-51-45-37-33-32-34-40-46-52-58-70(5)9-3/h70-74,79H,7-69H2,1-6H3,(H,84,85)(H,86,87)/t70?,71?,72-,73-,74-/m1/s1. The lowest BCUT2D eigenvalue weighted by atomic mass is 9.99. The maximum absolute atomic E-state index is 13.1. The number of carbonyl (C=O) groups excluding carboxylic acids is 4. The molecule has 0 amide bonds. The molecule has 0 aliphatic carbocycles.